The van der Waals surface area contributed by atoms with E-state index in [4.69, 9.17) is 9.26 Å². The highest BCUT2D eigenvalue weighted by Gasteiger charge is 2.26. The number of amides is 1. The van der Waals surface area contributed by atoms with Crippen LogP contribution in [0.25, 0.3) is 0 Å². The number of imidazole rings is 1. The van der Waals surface area contributed by atoms with Crippen molar-refractivity contribution >= 4 is 6.09 Å². The molecule has 24 heavy (non-hydrogen) atoms. The summed E-state index contributed by atoms with van der Waals surface area (Å²) in [5.41, 5.74) is 0.0262. The van der Waals surface area contributed by atoms with Crippen LogP contribution < -0.4 is 5.32 Å². The first-order chi connectivity index (χ1) is 11.1. The largest absolute Gasteiger partial charge is 0.444 e. The first kappa shape index (κ1) is 18.0. The Morgan fingerprint density at radius 2 is 2.08 bits per heavy atom. The van der Waals surface area contributed by atoms with E-state index in [1.54, 1.807) is 12.5 Å². The Kier molecular flexibility index (Phi) is 5.26. The van der Waals surface area contributed by atoms with Gasteiger partial charge in [0.25, 0.3) is 0 Å². The molecule has 8 nitrogen and oxygen atoms in total. The zero-order valence-electron chi connectivity index (χ0n) is 14.9. The number of carbonyl (C=O) groups excluding carboxylic acids is 1. The van der Waals surface area contributed by atoms with Crippen molar-refractivity contribution in [2.24, 2.45) is 0 Å². The summed E-state index contributed by atoms with van der Waals surface area (Å²) in [6.45, 7) is 10.1. The lowest BCUT2D eigenvalue weighted by Gasteiger charge is -2.28. The van der Waals surface area contributed by atoms with E-state index < -0.39 is 17.2 Å². The number of rotatable bonds is 6. The van der Waals surface area contributed by atoms with Gasteiger partial charge in [-0.05, 0) is 34.6 Å². The van der Waals surface area contributed by atoms with Gasteiger partial charge in [-0.3, -0.25) is 0 Å². The summed E-state index contributed by atoms with van der Waals surface area (Å²) in [5, 5.41) is 6.71. The standard InChI is InChI=1S/C16H25N5O3/c1-15(2,3)24-14(22)19-16(4,5)8-12-9-17-10-21(12)7-6-13-18-11-23-20-13/h9-11H,6-8H2,1-5H3,(H,19,22). The number of aryl methyl sites for hydroxylation is 2. The molecule has 2 heterocycles. The number of hydrogen-bond donors (Lipinski definition) is 1. The zero-order chi connectivity index (χ0) is 17.8. The number of aromatic nitrogens is 4. The van der Waals surface area contributed by atoms with E-state index in [9.17, 15) is 4.79 Å². The van der Waals surface area contributed by atoms with Gasteiger partial charge in [0, 0.05) is 36.8 Å². The second-order valence-corrected chi connectivity index (χ2v) is 7.36. The lowest BCUT2D eigenvalue weighted by Crippen LogP contribution is -2.47. The second kappa shape index (κ2) is 7.02. The number of carbonyl (C=O) groups is 1. The van der Waals surface area contributed by atoms with Gasteiger partial charge in [-0.15, -0.1) is 0 Å². The minimum atomic E-state index is -0.521. The third-order valence-corrected chi connectivity index (χ3v) is 3.24. The van der Waals surface area contributed by atoms with Gasteiger partial charge in [0.05, 0.1) is 6.33 Å². The molecule has 0 radical (unpaired) electrons. The Bertz CT molecular complexity index is 656. The van der Waals surface area contributed by atoms with Crippen LogP contribution in [-0.4, -0.2) is 36.9 Å². The SMILES string of the molecule is CC(C)(Cc1cncn1CCc1ncon1)NC(=O)OC(C)(C)C. The fraction of sp³-hybridized carbons (Fsp3) is 0.625. The molecule has 2 aromatic rings. The topological polar surface area (TPSA) is 95.1 Å². The van der Waals surface area contributed by atoms with Crippen LogP contribution in [0.5, 0.6) is 0 Å². The van der Waals surface area contributed by atoms with E-state index in [0.717, 1.165) is 5.69 Å². The molecule has 2 rings (SSSR count). The van der Waals surface area contributed by atoms with Gasteiger partial charge in [0.2, 0.25) is 6.39 Å². The van der Waals surface area contributed by atoms with E-state index in [-0.39, 0.29) is 0 Å². The van der Waals surface area contributed by atoms with Crippen molar-refractivity contribution in [1.29, 1.82) is 0 Å². The van der Waals surface area contributed by atoms with Crippen LogP contribution in [0, 0.1) is 0 Å². The highest BCUT2D eigenvalue weighted by molar-refractivity contribution is 5.68. The molecule has 2 aromatic heterocycles. The third-order valence-electron chi connectivity index (χ3n) is 3.24. The van der Waals surface area contributed by atoms with Gasteiger partial charge in [0.15, 0.2) is 5.82 Å². The van der Waals surface area contributed by atoms with Gasteiger partial charge >= 0.3 is 6.09 Å². The van der Waals surface area contributed by atoms with E-state index in [1.165, 1.54) is 6.39 Å². The van der Waals surface area contributed by atoms with Gasteiger partial charge in [-0.25, -0.2) is 9.78 Å². The fourth-order valence-electron chi connectivity index (χ4n) is 2.30. The third kappa shape index (κ3) is 5.68. The lowest BCUT2D eigenvalue weighted by atomic mass is 9.99. The lowest BCUT2D eigenvalue weighted by molar-refractivity contribution is 0.0471. The molecule has 8 heteroatoms. The average Bonchev–Trinajstić information content (AvgIpc) is 3.03. The number of hydrogen-bond acceptors (Lipinski definition) is 6. The van der Waals surface area contributed by atoms with Gasteiger partial charge < -0.3 is 19.1 Å². The summed E-state index contributed by atoms with van der Waals surface area (Å²) < 4.78 is 12.1. The molecule has 0 aliphatic carbocycles. The van der Waals surface area contributed by atoms with E-state index in [2.05, 4.69) is 20.4 Å². The molecule has 0 saturated carbocycles. The van der Waals surface area contributed by atoms with Crippen LogP contribution in [0.15, 0.2) is 23.4 Å². The van der Waals surface area contributed by atoms with Crippen LogP contribution in [-0.2, 0) is 24.1 Å². The minimum absolute atomic E-state index is 0.426. The van der Waals surface area contributed by atoms with E-state index in [1.807, 2.05) is 39.2 Å². The molecule has 0 aromatic carbocycles. The maximum atomic E-state index is 12.0. The summed E-state index contributed by atoms with van der Waals surface area (Å²) in [7, 11) is 0. The van der Waals surface area contributed by atoms with Crippen LogP contribution >= 0.6 is 0 Å². The van der Waals surface area contributed by atoms with Crippen molar-refractivity contribution in [2.75, 3.05) is 0 Å². The molecule has 1 amide bonds. The van der Waals surface area contributed by atoms with Crippen molar-refractivity contribution in [3.8, 4) is 0 Å². The molecule has 0 unspecified atom stereocenters. The Balaban J connectivity index is 1.94. The summed E-state index contributed by atoms with van der Waals surface area (Å²) in [6.07, 6.45) is 5.73. The van der Waals surface area contributed by atoms with Gasteiger partial charge in [-0.1, -0.05) is 5.16 Å². The van der Waals surface area contributed by atoms with E-state index in [0.29, 0.717) is 25.2 Å². The van der Waals surface area contributed by atoms with Crippen molar-refractivity contribution < 1.29 is 14.1 Å². The molecular weight excluding hydrogens is 310 g/mol. The van der Waals surface area contributed by atoms with E-state index >= 15 is 0 Å². The number of nitrogens with zero attached hydrogens (tertiary/aromatic N) is 4. The second-order valence-electron chi connectivity index (χ2n) is 7.36. The maximum absolute atomic E-state index is 12.0. The molecule has 0 spiro atoms. The smallest absolute Gasteiger partial charge is 0.408 e. The molecule has 0 aliphatic rings. The highest BCUT2D eigenvalue weighted by Crippen LogP contribution is 2.15. The highest BCUT2D eigenvalue weighted by atomic mass is 16.6. The van der Waals surface area contributed by atoms with Gasteiger partial charge in [0.1, 0.15) is 5.60 Å². The molecular formula is C16H25N5O3. The maximum Gasteiger partial charge on any atom is 0.408 e. The number of nitrogens with one attached hydrogen (secondary N) is 1. The van der Waals surface area contributed by atoms with Crippen LogP contribution in [0.2, 0.25) is 0 Å². The average molecular weight is 335 g/mol. The molecule has 0 saturated heterocycles. The number of ether oxygens (including phenoxy) is 1. The predicted octanol–water partition coefficient (Wildman–Crippen LogP) is 2.35. The Morgan fingerprint density at radius 1 is 1.33 bits per heavy atom. The minimum Gasteiger partial charge on any atom is -0.444 e. The molecule has 0 bridgehead atoms. The first-order valence-electron chi connectivity index (χ1n) is 7.90. The zero-order valence-corrected chi connectivity index (χ0v) is 14.9. The van der Waals surface area contributed by atoms with Crippen molar-refractivity contribution in [3.05, 3.63) is 30.4 Å². The monoisotopic (exact) mass is 335 g/mol. The normalized spacial score (nSPS) is 12.2. The Labute approximate surface area is 141 Å². The summed E-state index contributed by atoms with van der Waals surface area (Å²) in [6, 6.07) is 0. The predicted molar refractivity (Wildman–Crippen MR) is 87.4 cm³/mol. The van der Waals surface area contributed by atoms with Gasteiger partial charge in [-0.2, -0.15) is 4.98 Å². The van der Waals surface area contributed by atoms with Crippen LogP contribution in [0.1, 0.15) is 46.1 Å². The summed E-state index contributed by atoms with van der Waals surface area (Å²) in [4.78, 5) is 20.2. The molecule has 0 aliphatic heterocycles. The fourth-order valence-corrected chi connectivity index (χ4v) is 2.30. The van der Waals surface area contributed by atoms with Crippen LogP contribution in [0.4, 0.5) is 4.79 Å². The van der Waals surface area contributed by atoms with Crippen molar-refractivity contribution in [3.63, 3.8) is 0 Å². The Morgan fingerprint density at radius 3 is 2.71 bits per heavy atom. The summed E-state index contributed by atoms with van der Waals surface area (Å²) in [5.74, 6) is 0.654. The van der Waals surface area contributed by atoms with Crippen molar-refractivity contribution in [2.45, 2.75) is 65.1 Å². The summed E-state index contributed by atoms with van der Waals surface area (Å²) >= 11 is 0. The Hall–Kier alpha value is -2.38. The first-order valence-corrected chi connectivity index (χ1v) is 7.90. The quantitative estimate of drug-likeness (QED) is 0.870. The molecule has 1 N–H and O–H groups in total. The molecule has 132 valence electrons. The van der Waals surface area contributed by atoms with Crippen molar-refractivity contribution in [1.82, 2.24) is 25.0 Å². The molecule has 0 atom stereocenters. The molecule has 0 fully saturated rings. The number of alkyl carbamates (subject to hydrolysis) is 1. The van der Waals surface area contributed by atoms with Crippen LogP contribution in [0.3, 0.4) is 0 Å².